The molecule has 2 fully saturated rings. The highest BCUT2D eigenvalue weighted by molar-refractivity contribution is 5.27. The fourth-order valence-corrected chi connectivity index (χ4v) is 4.21. The van der Waals surface area contributed by atoms with E-state index >= 15 is 0 Å². The van der Waals surface area contributed by atoms with Gasteiger partial charge >= 0.3 is 0 Å². The SMILES string of the molecule is Cc1ccccc1CC1(O)CCC2(CCCC2)CC1. The molecule has 0 bridgehead atoms. The van der Waals surface area contributed by atoms with E-state index in [2.05, 4.69) is 31.2 Å². The van der Waals surface area contributed by atoms with E-state index in [0.29, 0.717) is 5.41 Å². The van der Waals surface area contributed by atoms with Crippen molar-refractivity contribution in [3.8, 4) is 0 Å². The summed E-state index contributed by atoms with van der Waals surface area (Å²) in [6, 6.07) is 8.50. The first kappa shape index (κ1) is 13.2. The third-order valence-electron chi connectivity index (χ3n) is 5.69. The molecule has 1 spiro atoms. The monoisotopic (exact) mass is 258 g/mol. The molecule has 1 nitrogen and oxygen atoms in total. The van der Waals surface area contributed by atoms with Crippen molar-refractivity contribution in [2.45, 2.75) is 70.3 Å². The Bertz CT molecular complexity index is 433. The van der Waals surface area contributed by atoms with Gasteiger partial charge in [0, 0.05) is 6.42 Å². The standard InChI is InChI=1S/C18H26O/c1-15-6-2-3-7-16(15)14-18(19)12-10-17(11-13-18)8-4-5-9-17/h2-3,6-7,19H,4-5,8-14H2,1H3. The van der Waals surface area contributed by atoms with E-state index in [1.165, 1.54) is 49.7 Å². The van der Waals surface area contributed by atoms with Gasteiger partial charge in [-0.25, -0.2) is 0 Å². The molecule has 0 atom stereocenters. The molecule has 2 aliphatic carbocycles. The molecule has 1 aromatic carbocycles. The van der Waals surface area contributed by atoms with Crippen LogP contribution in [0.4, 0.5) is 0 Å². The fourth-order valence-electron chi connectivity index (χ4n) is 4.21. The van der Waals surface area contributed by atoms with Crippen LogP contribution in [-0.2, 0) is 6.42 Å². The van der Waals surface area contributed by atoms with Gasteiger partial charge < -0.3 is 5.11 Å². The van der Waals surface area contributed by atoms with Gasteiger partial charge in [0.05, 0.1) is 5.60 Å². The van der Waals surface area contributed by atoms with Gasteiger partial charge in [0.25, 0.3) is 0 Å². The maximum absolute atomic E-state index is 10.9. The van der Waals surface area contributed by atoms with E-state index in [1.54, 1.807) is 0 Å². The lowest BCUT2D eigenvalue weighted by Crippen LogP contribution is -2.40. The van der Waals surface area contributed by atoms with Crippen molar-refractivity contribution in [2.75, 3.05) is 0 Å². The Hall–Kier alpha value is -0.820. The summed E-state index contributed by atoms with van der Waals surface area (Å²) in [6.07, 6.45) is 11.0. The second-order valence-electron chi connectivity index (χ2n) is 7.03. The van der Waals surface area contributed by atoms with Crippen LogP contribution in [0.3, 0.4) is 0 Å². The smallest absolute Gasteiger partial charge is 0.0688 e. The van der Waals surface area contributed by atoms with Crippen LogP contribution in [0.1, 0.15) is 62.5 Å². The third-order valence-corrected chi connectivity index (χ3v) is 5.69. The van der Waals surface area contributed by atoms with Crippen molar-refractivity contribution in [1.29, 1.82) is 0 Å². The van der Waals surface area contributed by atoms with Crippen LogP contribution < -0.4 is 0 Å². The maximum Gasteiger partial charge on any atom is 0.0688 e. The molecule has 2 saturated carbocycles. The van der Waals surface area contributed by atoms with E-state index < -0.39 is 5.60 Å². The molecular formula is C18H26O. The Morgan fingerprint density at radius 3 is 2.21 bits per heavy atom. The highest BCUT2D eigenvalue weighted by Gasteiger charge is 2.42. The van der Waals surface area contributed by atoms with Gasteiger partial charge in [-0.1, -0.05) is 37.1 Å². The summed E-state index contributed by atoms with van der Waals surface area (Å²) in [4.78, 5) is 0. The number of benzene rings is 1. The Balaban J connectivity index is 1.67. The molecule has 0 heterocycles. The van der Waals surface area contributed by atoms with Crippen LogP contribution in [-0.4, -0.2) is 10.7 Å². The van der Waals surface area contributed by atoms with Crippen molar-refractivity contribution in [3.63, 3.8) is 0 Å². The first-order valence-electron chi connectivity index (χ1n) is 7.88. The first-order chi connectivity index (χ1) is 9.11. The Kier molecular flexibility index (Phi) is 3.42. The molecule has 0 amide bonds. The number of aliphatic hydroxyl groups is 1. The average molecular weight is 258 g/mol. The van der Waals surface area contributed by atoms with Crippen LogP contribution >= 0.6 is 0 Å². The molecule has 1 heteroatoms. The van der Waals surface area contributed by atoms with E-state index in [0.717, 1.165) is 19.3 Å². The van der Waals surface area contributed by atoms with E-state index in [9.17, 15) is 5.11 Å². The minimum absolute atomic E-state index is 0.444. The highest BCUT2D eigenvalue weighted by atomic mass is 16.3. The normalized spacial score (nSPS) is 24.7. The Labute approximate surface area is 117 Å². The van der Waals surface area contributed by atoms with E-state index in [4.69, 9.17) is 0 Å². The van der Waals surface area contributed by atoms with Crippen molar-refractivity contribution < 1.29 is 5.11 Å². The van der Waals surface area contributed by atoms with Gasteiger partial charge in [0.2, 0.25) is 0 Å². The topological polar surface area (TPSA) is 20.2 Å². The minimum Gasteiger partial charge on any atom is -0.390 e. The lowest BCUT2D eigenvalue weighted by molar-refractivity contribution is -0.0323. The molecular weight excluding hydrogens is 232 g/mol. The zero-order chi connectivity index (χ0) is 13.3. The summed E-state index contributed by atoms with van der Waals surface area (Å²) in [5, 5.41) is 10.9. The van der Waals surface area contributed by atoms with Crippen LogP contribution in [0.5, 0.6) is 0 Å². The van der Waals surface area contributed by atoms with E-state index in [1.807, 2.05) is 0 Å². The lowest BCUT2D eigenvalue weighted by Gasteiger charge is -2.42. The number of aryl methyl sites for hydroxylation is 1. The van der Waals surface area contributed by atoms with Gasteiger partial charge in [-0.2, -0.15) is 0 Å². The maximum atomic E-state index is 10.9. The number of hydrogen-bond acceptors (Lipinski definition) is 1. The molecule has 1 N–H and O–H groups in total. The van der Waals surface area contributed by atoms with Gasteiger partial charge in [-0.3, -0.25) is 0 Å². The van der Waals surface area contributed by atoms with Gasteiger partial charge in [0.15, 0.2) is 0 Å². The summed E-state index contributed by atoms with van der Waals surface area (Å²) in [5.41, 5.74) is 2.81. The second kappa shape index (κ2) is 4.94. The van der Waals surface area contributed by atoms with E-state index in [-0.39, 0.29) is 0 Å². The highest BCUT2D eigenvalue weighted by Crippen LogP contribution is 2.51. The van der Waals surface area contributed by atoms with Crippen molar-refractivity contribution in [1.82, 2.24) is 0 Å². The van der Waals surface area contributed by atoms with Crippen LogP contribution in [0.25, 0.3) is 0 Å². The molecule has 0 radical (unpaired) electrons. The van der Waals surface area contributed by atoms with Crippen molar-refractivity contribution in [2.24, 2.45) is 5.41 Å². The molecule has 0 aromatic heterocycles. The molecule has 104 valence electrons. The zero-order valence-corrected chi connectivity index (χ0v) is 12.1. The van der Waals surface area contributed by atoms with Crippen molar-refractivity contribution >= 4 is 0 Å². The summed E-state index contributed by atoms with van der Waals surface area (Å²) < 4.78 is 0. The molecule has 1 aromatic rings. The van der Waals surface area contributed by atoms with Gasteiger partial charge in [0.1, 0.15) is 0 Å². The fraction of sp³-hybridized carbons (Fsp3) is 0.667. The zero-order valence-electron chi connectivity index (χ0n) is 12.1. The third kappa shape index (κ3) is 2.72. The Morgan fingerprint density at radius 1 is 0.947 bits per heavy atom. The predicted molar refractivity (Wildman–Crippen MR) is 79.2 cm³/mol. The quantitative estimate of drug-likeness (QED) is 0.833. The molecule has 0 unspecified atom stereocenters. The molecule has 3 rings (SSSR count). The van der Waals surface area contributed by atoms with Crippen LogP contribution in [0.15, 0.2) is 24.3 Å². The average Bonchev–Trinajstić information content (AvgIpc) is 2.86. The summed E-state index contributed by atoms with van der Waals surface area (Å²) in [5.74, 6) is 0. The number of hydrogen-bond donors (Lipinski definition) is 1. The van der Waals surface area contributed by atoms with Gasteiger partial charge in [-0.05, 0) is 62.0 Å². The number of rotatable bonds is 2. The molecule has 19 heavy (non-hydrogen) atoms. The first-order valence-corrected chi connectivity index (χ1v) is 7.88. The summed E-state index contributed by atoms with van der Waals surface area (Å²) in [7, 11) is 0. The molecule has 0 aliphatic heterocycles. The largest absolute Gasteiger partial charge is 0.390 e. The molecule has 2 aliphatic rings. The lowest BCUT2D eigenvalue weighted by atomic mass is 9.66. The van der Waals surface area contributed by atoms with Crippen molar-refractivity contribution in [3.05, 3.63) is 35.4 Å². The summed E-state index contributed by atoms with van der Waals surface area (Å²) in [6.45, 7) is 2.15. The minimum atomic E-state index is -0.444. The van der Waals surface area contributed by atoms with Crippen LogP contribution in [0, 0.1) is 12.3 Å². The van der Waals surface area contributed by atoms with Crippen LogP contribution in [0.2, 0.25) is 0 Å². The van der Waals surface area contributed by atoms with Gasteiger partial charge in [-0.15, -0.1) is 0 Å². The summed E-state index contributed by atoms with van der Waals surface area (Å²) >= 11 is 0. The Morgan fingerprint density at radius 2 is 1.58 bits per heavy atom. The second-order valence-corrected chi connectivity index (χ2v) is 7.03. The predicted octanol–water partition coefficient (Wildman–Crippen LogP) is 4.40. The molecule has 0 saturated heterocycles.